The third-order valence-corrected chi connectivity index (χ3v) is 8.95. The van der Waals surface area contributed by atoms with E-state index < -0.39 is 11.0 Å². The molecule has 0 radical (unpaired) electrons. The Morgan fingerprint density at radius 3 is 2.53 bits per heavy atom. The second-order valence-electron chi connectivity index (χ2n) is 8.78. The zero-order chi connectivity index (χ0) is 22.1. The molecule has 0 saturated carbocycles. The van der Waals surface area contributed by atoms with Crippen molar-refractivity contribution in [3.63, 3.8) is 0 Å². The first-order valence-corrected chi connectivity index (χ1v) is 12.0. The number of anilines is 1. The SMILES string of the molecule is CN1CC(c2ccc(Cl)cc2)[C@@]2(CSc3ccccc3C2=O)[C@]12C(=O)Nc1ccccc12. The average Bonchev–Trinajstić information content (AvgIpc) is 3.25. The summed E-state index contributed by atoms with van der Waals surface area (Å²) in [6, 6.07) is 23.3. The summed E-state index contributed by atoms with van der Waals surface area (Å²) in [4.78, 5) is 31.5. The van der Waals surface area contributed by atoms with Gasteiger partial charge in [-0.3, -0.25) is 14.5 Å². The number of thioether (sulfide) groups is 1. The lowest BCUT2D eigenvalue weighted by atomic mass is 9.58. The van der Waals surface area contributed by atoms with Crippen LogP contribution in [0.4, 0.5) is 5.69 Å². The molecule has 3 atom stereocenters. The van der Waals surface area contributed by atoms with E-state index in [9.17, 15) is 9.59 Å². The second kappa shape index (κ2) is 6.95. The van der Waals surface area contributed by atoms with Crippen LogP contribution in [0.5, 0.6) is 0 Å². The number of amides is 1. The van der Waals surface area contributed by atoms with Crippen molar-refractivity contribution in [2.24, 2.45) is 5.41 Å². The molecule has 0 bridgehead atoms. The van der Waals surface area contributed by atoms with E-state index in [0.29, 0.717) is 22.9 Å². The number of ketones is 1. The Bertz CT molecular complexity index is 1280. The third kappa shape index (κ3) is 2.34. The fourth-order valence-corrected chi connectivity index (χ4v) is 7.66. The predicted octanol–water partition coefficient (Wildman–Crippen LogP) is 5.19. The van der Waals surface area contributed by atoms with Crippen molar-refractivity contribution in [1.82, 2.24) is 4.90 Å². The fraction of sp³-hybridized carbons (Fsp3) is 0.231. The van der Waals surface area contributed by atoms with Crippen LogP contribution in [-0.4, -0.2) is 35.9 Å². The second-order valence-corrected chi connectivity index (χ2v) is 10.2. The highest BCUT2D eigenvalue weighted by atomic mass is 35.5. The highest BCUT2D eigenvalue weighted by Crippen LogP contribution is 2.66. The van der Waals surface area contributed by atoms with Crippen LogP contribution >= 0.6 is 23.4 Å². The Labute approximate surface area is 196 Å². The number of carbonyl (C=O) groups excluding carboxylic acids is 2. The number of fused-ring (bicyclic) bond motifs is 4. The Balaban J connectivity index is 1.67. The topological polar surface area (TPSA) is 49.4 Å². The molecule has 3 aromatic rings. The third-order valence-electron chi connectivity index (χ3n) is 7.43. The van der Waals surface area contributed by atoms with Crippen molar-refractivity contribution in [3.05, 3.63) is 94.5 Å². The summed E-state index contributed by atoms with van der Waals surface area (Å²) in [6.45, 7) is 0.595. The number of para-hydroxylation sites is 1. The van der Waals surface area contributed by atoms with Gasteiger partial charge >= 0.3 is 0 Å². The summed E-state index contributed by atoms with van der Waals surface area (Å²) in [6.07, 6.45) is 0. The van der Waals surface area contributed by atoms with Gasteiger partial charge in [-0.25, -0.2) is 0 Å². The molecule has 2 spiro atoms. The van der Waals surface area contributed by atoms with Crippen molar-refractivity contribution in [1.29, 1.82) is 0 Å². The summed E-state index contributed by atoms with van der Waals surface area (Å²) in [5, 5.41) is 3.75. The van der Waals surface area contributed by atoms with Crippen LogP contribution in [0.15, 0.2) is 77.7 Å². The lowest BCUT2D eigenvalue weighted by Gasteiger charge is -2.47. The normalized spacial score (nSPS) is 28.8. The molecule has 3 aliphatic rings. The number of likely N-dealkylation sites (N-methyl/N-ethyl adjacent to an activating group) is 1. The molecule has 1 unspecified atom stereocenters. The number of hydrogen-bond acceptors (Lipinski definition) is 4. The van der Waals surface area contributed by atoms with Gasteiger partial charge in [0, 0.05) is 44.9 Å². The van der Waals surface area contributed by atoms with Gasteiger partial charge in [0.05, 0.1) is 5.41 Å². The lowest BCUT2D eigenvalue weighted by molar-refractivity contribution is -0.129. The zero-order valence-corrected chi connectivity index (χ0v) is 19.0. The Kier molecular flexibility index (Phi) is 4.35. The zero-order valence-electron chi connectivity index (χ0n) is 17.5. The van der Waals surface area contributed by atoms with Gasteiger partial charge in [0.15, 0.2) is 5.78 Å². The number of hydrogen-bond donors (Lipinski definition) is 1. The molecule has 1 amide bonds. The van der Waals surface area contributed by atoms with Gasteiger partial charge in [0.1, 0.15) is 5.54 Å². The predicted molar refractivity (Wildman–Crippen MR) is 128 cm³/mol. The fourth-order valence-electron chi connectivity index (χ4n) is 6.11. The number of likely N-dealkylation sites (tertiary alicyclic amines) is 1. The maximum atomic E-state index is 14.5. The van der Waals surface area contributed by atoms with E-state index in [0.717, 1.165) is 21.7 Å². The van der Waals surface area contributed by atoms with E-state index in [1.807, 2.05) is 79.8 Å². The van der Waals surface area contributed by atoms with Crippen molar-refractivity contribution in [2.75, 3.05) is 24.7 Å². The first-order chi connectivity index (χ1) is 15.5. The maximum absolute atomic E-state index is 14.5. The van der Waals surface area contributed by atoms with Gasteiger partial charge in [-0.15, -0.1) is 11.8 Å². The summed E-state index contributed by atoms with van der Waals surface area (Å²) < 4.78 is 0. The largest absolute Gasteiger partial charge is 0.324 e. The van der Waals surface area contributed by atoms with E-state index in [-0.39, 0.29) is 17.6 Å². The molecule has 1 fully saturated rings. The molecule has 6 heteroatoms. The van der Waals surface area contributed by atoms with E-state index in [4.69, 9.17) is 11.6 Å². The minimum absolute atomic E-state index is 0.0444. The molecule has 4 nitrogen and oxygen atoms in total. The Morgan fingerprint density at radius 1 is 1.00 bits per heavy atom. The molecule has 0 aromatic heterocycles. The van der Waals surface area contributed by atoms with Gasteiger partial charge < -0.3 is 5.32 Å². The first kappa shape index (κ1) is 20.0. The molecule has 3 heterocycles. The molecule has 6 rings (SSSR count). The number of benzene rings is 3. The summed E-state index contributed by atoms with van der Waals surface area (Å²) in [5.74, 6) is 0.298. The van der Waals surface area contributed by atoms with Crippen LogP contribution in [-0.2, 0) is 10.3 Å². The highest BCUT2D eigenvalue weighted by molar-refractivity contribution is 7.99. The smallest absolute Gasteiger partial charge is 0.250 e. The van der Waals surface area contributed by atoms with E-state index in [1.165, 1.54) is 0 Å². The number of halogens is 1. The van der Waals surface area contributed by atoms with Crippen LogP contribution < -0.4 is 5.32 Å². The lowest BCUT2D eigenvalue weighted by Crippen LogP contribution is -2.60. The summed E-state index contributed by atoms with van der Waals surface area (Å²) >= 11 is 7.86. The first-order valence-electron chi connectivity index (χ1n) is 10.6. The summed E-state index contributed by atoms with van der Waals surface area (Å²) in [7, 11) is 1.97. The van der Waals surface area contributed by atoms with Crippen LogP contribution in [0.3, 0.4) is 0 Å². The van der Waals surface area contributed by atoms with E-state index in [2.05, 4.69) is 10.2 Å². The molecular weight excluding hydrogens is 440 g/mol. The van der Waals surface area contributed by atoms with Crippen LogP contribution in [0.2, 0.25) is 5.02 Å². The number of Topliss-reactive ketones (excluding diaryl/α,β-unsaturated/α-hetero) is 1. The van der Waals surface area contributed by atoms with Crippen LogP contribution in [0.1, 0.15) is 27.4 Å². The molecule has 1 N–H and O–H groups in total. The molecule has 32 heavy (non-hydrogen) atoms. The van der Waals surface area contributed by atoms with E-state index in [1.54, 1.807) is 11.8 Å². The van der Waals surface area contributed by atoms with E-state index >= 15 is 0 Å². The van der Waals surface area contributed by atoms with Crippen molar-refractivity contribution >= 4 is 40.7 Å². The standard InChI is InChI=1S/C26H21ClN2O2S/c1-29-14-20(16-10-12-17(27)13-11-16)25(15-32-22-9-5-2-6-18(22)23(25)30)26(29)19-7-3-4-8-21(19)28-24(26)31/h2-13,20H,14-15H2,1H3,(H,28,31)/t20?,25-,26+/m1/s1. The Morgan fingerprint density at radius 2 is 1.72 bits per heavy atom. The van der Waals surface area contributed by atoms with Crippen LogP contribution in [0.25, 0.3) is 0 Å². The van der Waals surface area contributed by atoms with Gasteiger partial charge in [0.25, 0.3) is 5.91 Å². The monoisotopic (exact) mass is 460 g/mol. The quantitative estimate of drug-likeness (QED) is 0.542. The van der Waals surface area contributed by atoms with Crippen LogP contribution in [0, 0.1) is 5.41 Å². The highest BCUT2D eigenvalue weighted by Gasteiger charge is 2.74. The molecule has 3 aromatic carbocycles. The molecule has 160 valence electrons. The van der Waals surface area contributed by atoms with Gasteiger partial charge in [0.2, 0.25) is 0 Å². The molecule has 0 aliphatic carbocycles. The van der Waals surface area contributed by atoms with Gasteiger partial charge in [-0.05, 0) is 36.9 Å². The number of rotatable bonds is 1. The number of nitrogens with one attached hydrogen (secondary N) is 1. The minimum Gasteiger partial charge on any atom is -0.324 e. The maximum Gasteiger partial charge on any atom is 0.250 e. The molecule has 1 saturated heterocycles. The van der Waals surface area contributed by atoms with Gasteiger partial charge in [-0.1, -0.05) is 60.1 Å². The van der Waals surface area contributed by atoms with Gasteiger partial charge in [-0.2, -0.15) is 0 Å². The van der Waals surface area contributed by atoms with Crippen molar-refractivity contribution in [2.45, 2.75) is 16.4 Å². The number of carbonyl (C=O) groups is 2. The molecule has 3 aliphatic heterocycles. The molecular formula is C26H21ClN2O2S. The average molecular weight is 461 g/mol. The minimum atomic E-state index is -1.08. The number of nitrogens with zero attached hydrogens (tertiary/aromatic N) is 1. The summed E-state index contributed by atoms with van der Waals surface area (Å²) in [5.41, 5.74) is 1.38. The Hall–Kier alpha value is -2.60. The van der Waals surface area contributed by atoms with Crippen molar-refractivity contribution in [3.8, 4) is 0 Å². The van der Waals surface area contributed by atoms with Crippen molar-refractivity contribution < 1.29 is 9.59 Å².